The fourth-order valence-electron chi connectivity index (χ4n) is 1.82. The minimum atomic E-state index is -1.68. The molecule has 0 bridgehead atoms. The summed E-state index contributed by atoms with van der Waals surface area (Å²) in [5, 5.41) is 43.5. The molecule has 1 aliphatic rings. The number of anilines is 1. The van der Waals surface area contributed by atoms with Gasteiger partial charge in [-0.25, -0.2) is 4.79 Å². The van der Waals surface area contributed by atoms with Gasteiger partial charge >= 0.3 is 6.09 Å². The smallest absolute Gasteiger partial charge is 0.437 e. The van der Waals surface area contributed by atoms with Gasteiger partial charge in [-0.3, -0.25) is 10.2 Å². The van der Waals surface area contributed by atoms with E-state index < -0.39 is 43.0 Å². The van der Waals surface area contributed by atoms with E-state index >= 15 is 0 Å². The van der Waals surface area contributed by atoms with E-state index in [0.29, 0.717) is 5.69 Å². The zero-order chi connectivity index (χ0) is 16.1. The molecule has 0 aliphatic carbocycles. The third kappa shape index (κ3) is 3.71. The lowest BCUT2D eigenvalue weighted by Gasteiger charge is -2.34. The Kier molecular flexibility index (Phi) is 5.28. The van der Waals surface area contributed by atoms with E-state index in [1.54, 1.807) is 30.3 Å². The van der Waals surface area contributed by atoms with Crippen LogP contribution in [0.3, 0.4) is 0 Å². The first-order valence-corrected chi connectivity index (χ1v) is 6.45. The van der Waals surface area contributed by atoms with E-state index in [2.05, 4.69) is 15.3 Å². The average molecular weight is 312 g/mol. The van der Waals surface area contributed by atoms with Gasteiger partial charge in [-0.15, -0.1) is 0 Å². The number of amides is 1. The summed E-state index contributed by atoms with van der Waals surface area (Å²) in [6.45, 7) is -0.611. The van der Waals surface area contributed by atoms with Gasteiger partial charge in [0.2, 0.25) is 0 Å². The molecule has 5 N–H and O–H groups in total. The van der Waals surface area contributed by atoms with Gasteiger partial charge in [-0.2, -0.15) is 0 Å². The van der Waals surface area contributed by atoms with E-state index in [9.17, 15) is 20.1 Å². The molecule has 120 valence electrons. The lowest BCUT2D eigenvalue weighted by atomic mass is 10.00. The minimum Gasteiger partial charge on any atom is -0.468 e. The number of benzene rings is 1. The van der Waals surface area contributed by atoms with Crippen LogP contribution in [0.4, 0.5) is 10.5 Å². The molecule has 2 rings (SSSR count). The number of hydrogen-bond donors (Lipinski definition) is 5. The van der Waals surface area contributed by atoms with Crippen molar-refractivity contribution < 1.29 is 34.8 Å². The SMILES string of the molecule is O=C(Nc1ccccc1)O/N=C1/O[C@@H](CO)[C@H](O)[C@@H](O)[C@@H]1O. The van der Waals surface area contributed by atoms with Crippen molar-refractivity contribution >= 4 is 17.7 Å². The zero-order valence-electron chi connectivity index (χ0n) is 11.4. The van der Waals surface area contributed by atoms with Crippen LogP contribution in [0, 0.1) is 0 Å². The van der Waals surface area contributed by atoms with Crippen molar-refractivity contribution in [3.8, 4) is 0 Å². The molecule has 1 saturated heterocycles. The minimum absolute atomic E-state index is 0.474. The van der Waals surface area contributed by atoms with Crippen molar-refractivity contribution in [2.24, 2.45) is 5.16 Å². The van der Waals surface area contributed by atoms with Crippen LogP contribution in [-0.4, -0.2) is 63.4 Å². The predicted octanol–water partition coefficient (Wildman–Crippen LogP) is -0.978. The van der Waals surface area contributed by atoms with Gasteiger partial charge in [-0.1, -0.05) is 18.2 Å². The Morgan fingerprint density at radius 2 is 1.91 bits per heavy atom. The molecule has 9 heteroatoms. The molecule has 1 aromatic carbocycles. The Hall–Kier alpha value is -2.20. The summed E-state index contributed by atoms with van der Waals surface area (Å²) in [7, 11) is 0. The Balaban J connectivity index is 1.98. The van der Waals surface area contributed by atoms with Crippen LogP contribution in [0.15, 0.2) is 35.5 Å². The van der Waals surface area contributed by atoms with Crippen LogP contribution < -0.4 is 5.32 Å². The maximum Gasteiger partial charge on any atom is 0.437 e. The Bertz CT molecular complexity index is 534. The highest BCUT2D eigenvalue weighted by Gasteiger charge is 2.42. The van der Waals surface area contributed by atoms with E-state index in [1.807, 2.05) is 0 Å². The largest absolute Gasteiger partial charge is 0.468 e. The maximum absolute atomic E-state index is 11.5. The van der Waals surface area contributed by atoms with Gasteiger partial charge in [0.05, 0.1) is 6.61 Å². The number of nitrogens with one attached hydrogen (secondary N) is 1. The normalized spacial score (nSPS) is 29.7. The second kappa shape index (κ2) is 7.18. The first kappa shape index (κ1) is 16.2. The number of carbonyl (C=O) groups excluding carboxylic acids is 1. The van der Waals surface area contributed by atoms with Gasteiger partial charge in [-0.05, 0) is 17.3 Å². The van der Waals surface area contributed by atoms with Crippen molar-refractivity contribution in [2.45, 2.75) is 24.4 Å². The highest BCUT2D eigenvalue weighted by Crippen LogP contribution is 2.17. The van der Waals surface area contributed by atoms with Crippen molar-refractivity contribution in [3.05, 3.63) is 30.3 Å². The Morgan fingerprint density at radius 3 is 2.55 bits per heavy atom. The van der Waals surface area contributed by atoms with Crippen LogP contribution in [0.25, 0.3) is 0 Å². The van der Waals surface area contributed by atoms with Gasteiger partial charge < -0.3 is 25.2 Å². The summed E-state index contributed by atoms with van der Waals surface area (Å²) < 4.78 is 4.97. The fraction of sp³-hybridized carbons (Fsp3) is 0.385. The number of oxime groups is 1. The summed E-state index contributed by atoms with van der Waals surface area (Å²) in [5.74, 6) is -0.514. The molecule has 22 heavy (non-hydrogen) atoms. The molecule has 4 atom stereocenters. The molecule has 1 amide bonds. The second-order valence-corrected chi connectivity index (χ2v) is 4.56. The Labute approximate surface area is 125 Å². The highest BCUT2D eigenvalue weighted by molar-refractivity contribution is 5.86. The quantitative estimate of drug-likeness (QED) is 0.357. The van der Waals surface area contributed by atoms with Gasteiger partial charge in [0.1, 0.15) is 12.2 Å². The zero-order valence-corrected chi connectivity index (χ0v) is 11.4. The number of para-hydroxylation sites is 1. The third-order valence-electron chi connectivity index (χ3n) is 3.00. The van der Waals surface area contributed by atoms with E-state index in [4.69, 9.17) is 9.84 Å². The van der Waals surface area contributed by atoms with Crippen molar-refractivity contribution in [2.75, 3.05) is 11.9 Å². The molecule has 0 spiro atoms. The molecule has 1 aliphatic heterocycles. The summed E-state index contributed by atoms with van der Waals surface area (Å²) in [5.41, 5.74) is 0.474. The first-order chi connectivity index (χ1) is 10.5. The average Bonchev–Trinajstić information content (AvgIpc) is 2.53. The molecular formula is C13H16N2O7. The highest BCUT2D eigenvalue weighted by atomic mass is 16.7. The lowest BCUT2D eigenvalue weighted by Crippen LogP contribution is -2.56. The first-order valence-electron chi connectivity index (χ1n) is 6.45. The number of ether oxygens (including phenoxy) is 1. The summed E-state index contributed by atoms with van der Waals surface area (Å²) in [6.07, 6.45) is -6.90. The molecule has 1 fully saturated rings. The van der Waals surface area contributed by atoms with Crippen LogP contribution >= 0.6 is 0 Å². The third-order valence-corrected chi connectivity index (χ3v) is 3.00. The van der Waals surface area contributed by atoms with Gasteiger partial charge in [0, 0.05) is 5.69 Å². The van der Waals surface area contributed by atoms with Crippen molar-refractivity contribution in [1.29, 1.82) is 0 Å². The van der Waals surface area contributed by atoms with Crippen LogP contribution in [0.5, 0.6) is 0 Å². The number of nitrogens with zero attached hydrogens (tertiary/aromatic N) is 1. The standard InChI is InChI=1S/C13H16N2O7/c16-6-8-9(17)10(18)11(19)12(21-8)15-22-13(20)14-7-4-2-1-3-5-7/h1-5,8-11,16-19H,6H2,(H,14,20)/b15-12+/t8-,9-,10+,11-/m0/s1. The molecule has 0 aromatic heterocycles. The molecule has 1 heterocycles. The lowest BCUT2D eigenvalue weighted by molar-refractivity contribution is -0.130. The number of carbonyl (C=O) groups is 1. The topological polar surface area (TPSA) is 141 Å². The van der Waals surface area contributed by atoms with Crippen LogP contribution in [0.2, 0.25) is 0 Å². The van der Waals surface area contributed by atoms with Crippen molar-refractivity contribution in [3.63, 3.8) is 0 Å². The fourth-order valence-corrected chi connectivity index (χ4v) is 1.82. The summed E-state index contributed by atoms with van der Waals surface area (Å²) >= 11 is 0. The predicted molar refractivity (Wildman–Crippen MR) is 74.0 cm³/mol. The molecule has 9 nitrogen and oxygen atoms in total. The molecule has 0 saturated carbocycles. The van der Waals surface area contributed by atoms with E-state index in [0.717, 1.165) is 0 Å². The Morgan fingerprint density at radius 1 is 1.23 bits per heavy atom. The molecular weight excluding hydrogens is 296 g/mol. The second-order valence-electron chi connectivity index (χ2n) is 4.56. The number of aliphatic hydroxyl groups is 4. The van der Waals surface area contributed by atoms with Gasteiger partial charge in [0.25, 0.3) is 5.90 Å². The van der Waals surface area contributed by atoms with Crippen LogP contribution in [-0.2, 0) is 9.57 Å². The summed E-state index contributed by atoms with van der Waals surface area (Å²) in [6, 6.07) is 8.44. The number of hydrogen-bond acceptors (Lipinski definition) is 8. The van der Waals surface area contributed by atoms with E-state index in [1.165, 1.54) is 0 Å². The molecule has 0 radical (unpaired) electrons. The van der Waals surface area contributed by atoms with E-state index in [-0.39, 0.29) is 0 Å². The van der Waals surface area contributed by atoms with Gasteiger partial charge in [0.15, 0.2) is 12.2 Å². The maximum atomic E-state index is 11.5. The number of aliphatic hydroxyl groups excluding tert-OH is 4. The van der Waals surface area contributed by atoms with Crippen molar-refractivity contribution in [1.82, 2.24) is 0 Å². The molecule has 0 unspecified atom stereocenters. The molecule has 1 aromatic rings. The summed E-state index contributed by atoms with van der Waals surface area (Å²) in [4.78, 5) is 16.0. The van der Waals surface area contributed by atoms with Crippen LogP contribution in [0.1, 0.15) is 0 Å². The number of rotatable bonds is 3. The monoisotopic (exact) mass is 312 g/mol.